The second-order valence-electron chi connectivity index (χ2n) is 8.27. The minimum Gasteiger partial charge on any atom is -0.355 e. The number of hydrogen-bond donors (Lipinski definition) is 1. The predicted molar refractivity (Wildman–Crippen MR) is 127 cm³/mol. The summed E-state index contributed by atoms with van der Waals surface area (Å²) in [5.41, 5.74) is 5.17. The van der Waals surface area contributed by atoms with Crippen molar-refractivity contribution in [2.45, 2.75) is 24.8 Å². The van der Waals surface area contributed by atoms with Crippen molar-refractivity contribution in [3.63, 3.8) is 0 Å². The minimum atomic E-state index is -0.0262. The number of benzene rings is 1. The van der Waals surface area contributed by atoms with E-state index in [1.165, 1.54) is 0 Å². The van der Waals surface area contributed by atoms with E-state index in [1.807, 2.05) is 36.4 Å². The third-order valence-electron chi connectivity index (χ3n) is 5.99. The largest absolute Gasteiger partial charge is 0.355 e. The Morgan fingerprint density at radius 2 is 1.88 bits per heavy atom. The lowest BCUT2D eigenvalue weighted by Crippen LogP contribution is -2.46. The molecule has 1 amide bonds. The van der Waals surface area contributed by atoms with Crippen LogP contribution in [0.3, 0.4) is 0 Å². The van der Waals surface area contributed by atoms with Gasteiger partial charge < -0.3 is 10.2 Å². The summed E-state index contributed by atoms with van der Waals surface area (Å²) in [4.78, 5) is 28.7. The van der Waals surface area contributed by atoms with E-state index in [0.717, 1.165) is 60.0 Å². The van der Waals surface area contributed by atoms with Crippen LogP contribution in [0.4, 0.5) is 5.82 Å². The molecule has 0 bridgehead atoms. The molecular formula is C26H25N5O. The van der Waals surface area contributed by atoms with Gasteiger partial charge in [0.2, 0.25) is 0 Å². The predicted octanol–water partition coefficient (Wildman–Crippen LogP) is 4.32. The summed E-state index contributed by atoms with van der Waals surface area (Å²) in [5, 5.41) is 3.05. The highest BCUT2D eigenvalue weighted by Crippen LogP contribution is 2.35. The number of rotatable bonds is 7. The van der Waals surface area contributed by atoms with Gasteiger partial charge in [0.1, 0.15) is 5.82 Å². The van der Waals surface area contributed by atoms with Crippen molar-refractivity contribution < 1.29 is 4.79 Å². The smallest absolute Gasteiger partial charge is 0.251 e. The second-order valence-corrected chi connectivity index (χ2v) is 8.27. The standard InChI is InChI=1S/C26H25N5O/c1-3-17-8-11-23(30-22(17)4-2)31-15-20(16-31)25-24(27-12-13-28-25)18-6-5-7-19(14-18)26(32)29-21-9-10-21/h3-8,11-14,20-21H,1-2,9-10,15-16H2,(H,29,32). The number of carbonyl (C=O) groups excluding carboxylic acids is 1. The first-order chi connectivity index (χ1) is 15.7. The molecule has 3 aromatic rings. The van der Waals surface area contributed by atoms with Crippen LogP contribution in [0, 0.1) is 0 Å². The van der Waals surface area contributed by atoms with Crippen LogP contribution in [0.5, 0.6) is 0 Å². The molecule has 3 heterocycles. The number of anilines is 1. The van der Waals surface area contributed by atoms with Gasteiger partial charge in [-0.15, -0.1) is 0 Å². The maximum atomic E-state index is 12.5. The zero-order valence-electron chi connectivity index (χ0n) is 17.9. The number of hydrogen-bond acceptors (Lipinski definition) is 5. The van der Waals surface area contributed by atoms with E-state index in [9.17, 15) is 4.79 Å². The van der Waals surface area contributed by atoms with Crippen molar-refractivity contribution in [2.75, 3.05) is 18.0 Å². The lowest BCUT2D eigenvalue weighted by molar-refractivity contribution is 0.0951. The van der Waals surface area contributed by atoms with Crippen molar-refractivity contribution in [3.8, 4) is 11.3 Å². The maximum Gasteiger partial charge on any atom is 0.251 e. The molecule has 2 aliphatic rings. The first-order valence-corrected chi connectivity index (χ1v) is 10.9. The summed E-state index contributed by atoms with van der Waals surface area (Å²) < 4.78 is 0. The van der Waals surface area contributed by atoms with Crippen LogP contribution in [-0.4, -0.2) is 40.0 Å². The zero-order valence-corrected chi connectivity index (χ0v) is 17.9. The molecule has 1 aromatic carbocycles. The number of amides is 1. The molecular weight excluding hydrogens is 398 g/mol. The van der Waals surface area contributed by atoms with Crippen molar-refractivity contribution in [1.29, 1.82) is 0 Å². The number of nitrogens with one attached hydrogen (secondary N) is 1. The van der Waals surface area contributed by atoms with Crippen molar-refractivity contribution in [1.82, 2.24) is 20.3 Å². The van der Waals surface area contributed by atoms with Gasteiger partial charge in [0.05, 0.1) is 17.1 Å². The molecule has 0 unspecified atom stereocenters. The number of carbonyl (C=O) groups is 1. The van der Waals surface area contributed by atoms with Crippen LogP contribution in [0.1, 0.15) is 46.1 Å². The molecule has 1 aliphatic heterocycles. The molecule has 32 heavy (non-hydrogen) atoms. The molecule has 1 saturated carbocycles. The van der Waals surface area contributed by atoms with E-state index in [2.05, 4.69) is 33.3 Å². The third kappa shape index (κ3) is 3.91. The molecule has 0 atom stereocenters. The molecule has 1 aliphatic carbocycles. The monoisotopic (exact) mass is 423 g/mol. The maximum absolute atomic E-state index is 12.5. The summed E-state index contributed by atoms with van der Waals surface area (Å²) in [6, 6.07) is 12.0. The molecule has 0 radical (unpaired) electrons. The lowest BCUT2D eigenvalue weighted by Gasteiger charge is -2.40. The lowest BCUT2D eigenvalue weighted by atomic mass is 9.92. The first-order valence-electron chi connectivity index (χ1n) is 10.9. The van der Waals surface area contributed by atoms with E-state index in [0.29, 0.717) is 11.6 Å². The topological polar surface area (TPSA) is 71.0 Å². The highest BCUT2D eigenvalue weighted by molar-refractivity contribution is 5.95. The molecule has 160 valence electrons. The van der Waals surface area contributed by atoms with E-state index < -0.39 is 0 Å². The Morgan fingerprint density at radius 1 is 1.06 bits per heavy atom. The van der Waals surface area contributed by atoms with Gasteiger partial charge in [0, 0.05) is 48.6 Å². The fourth-order valence-electron chi connectivity index (χ4n) is 4.00. The van der Waals surface area contributed by atoms with Gasteiger partial charge in [-0.2, -0.15) is 0 Å². The summed E-state index contributed by atoms with van der Waals surface area (Å²) in [5.74, 6) is 1.14. The quantitative estimate of drug-likeness (QED) is 0.613. The zero-order chi connectivity index (χ0) is 22.1. The summed E-state index contributed by atoms with van der Waals surface area (Å²) in [6.07, 6.45) is 9.12. The van der Waals surface area contributed by atoms with Gasteiger partial charge >= 0.3 is 0 Å². The van der Waals surface area contributed by atoms with Crippen molar-refractivity contribution in [3.05, 3.63) is 84.5 Å². The average molecular weight is 424 g/mol. The van der Waals surface area contributed by atoms with E-state index in [4.69, 9.17) is 4.98 Å². The number of pyridine rings is 1. The van der Waals surface area contributed by atoms with E-state index >= 15 is 0 Å². The van der Waals surface area contributed by atoms with Gasteiger partial charge in [0.25, 0.3) is 5.91 Å². The molecule has 2 aromatic heterocycles. The Balaban J connectivity index is 1.36. The molecule has 6 nitrogen and oxygen atoms in total. The Labute approximate surface area is 187 Å². The highest BCUT2D eigenvalue weighted by Gasteiger charge is 2.33. The highest BCUT2D eigenvalue weighted by atomic mass is 16.1. The van der Waals surface area contributed by atoms with Gasteiger partial charge in [-0.05, 0) is 48.7 Å². The van der Waals surface area contributed by atoms with E-state index in [1.54, 1.807) is 24.5 Å². The SMILES string of the molecule is C=Cc1ccc(N2CC(c3nccnc3-c3cccc(C(=O)NC4CC4)c3)C2)nc1C=C. The summed E-state index contributed by atoms with van der Waals surface area (Å²) in [6.45, 7) is 9.31. The van der Waals surface area contributed by atoms with Crippen LogP contribution in [0.15, 0.2) is 61.9 Å². The molecule has 6 heteroatoms. The third-order valence-corrected chi connectivity index (χ3v) is 5.99. The van der Waals surface area contributed by atoms with E-state index in [-0.39, 0.29) is 11.8 Å². The second kappa shape index (κ2) is 8.38. The Kier molecular flexibility index (Phi) is 5.27. The molecule has 0 spiro atoms. The Morgan fingerprint density at radius 3 is 2.62 bits per heavy atom. The van der Waals surface area contributed by atoms with Gasteiger partial charge in [0.15, 0.2) is 0 Å². The summed E-state index contributed by atoms with van der Waals surface area (Å²) in [7, 11) is 0. The van der Waals surface area contributed by atoms with Gasteiger partial charge in [-0.1, -0.05) is 31.4 Å². The Bertz CT molecular complexity index is 1190. The van der Waals surface area contributed by atoms with Crippen LogP contribution in [-0.2, 0) is 0 Å². The van der Waals surface area contributed by atoms with Gasteiger partial charge in [-0.25, -0.2) is 4.98 Å². The summed E-state index contributed by atoms with van der Waals surface area (Å²) >= 11 is 0. The molecule has 5 rings (SSSR count). The van der Waals surface area contributed by atoms with Crippen LogP contribution in [0.25, 0.3) is 23.4 Å². The number of aromatic nitrogens is 3. The Hall–Kier alpha value is -3.80. The normalized spacial score (nSPS) is 15.7. The van der Waals surface area contributed by atoms with Gasteiger partial charge in [-0.3, -0.25) is 14.8 Å². The van der Waals surface area contributed by atoms with Crippen LogP contribution in [0.2, 0.25) is 0 Å². The molecule has 2 fully saturated rings. The average Bonchev–Trinajstić information content (AvgIpc) is 3.62. The number of nitrogens with zero attached hydrogens (tertiary/aromatic N) is 4. The van der Waals surface area contributed by atoms with Crippen molar-refractivity contribution in [2.24, 2.45) is 0 Å². The van der Waals surface area contributed by atoms with Crippen LogP contribution < -0.4 is 10.2 Å². The molecule has 1 N–H and O–H groups in total. The first kappa shape index (κ1) is 20.1. The van der Waals surface area contributed by atoms with Crippen molar-refractivity contribution >= 4 is 23.9 Å². The fraction of sp³-hybridized carbons (Fsp3) is 0.231. The molecule has 1 saturated heterocycles. The fourth-order valence-corrected chi connectivity index (χ4v) is 4.00. The van der Waals surface area contributed by atoms with Crippen LogP contribution >= 0.6 is 0 Å². The minimum absolute atomic E-state index is 0.0262.